The minimum Gasteiger partial charge on any atom is -1.00 e. The Labute approximate surface area is 175 Å². The lowest BCUT2D eigenvalue weighted by Crippen LogP contribution is -3.00. The molecule has 0 bridgehead atoms. The van der Waals surface area contributed by atoms with Gasteiger partial charge in [0.15, 0.2) is 6.00 Å². The third kappa shape index (κ3) is 19.3. The van der Waals surface area contributed by atoms with Gasteiger partial charge < -0.3 is 21.5 Å². The zero-order valence-corrected chi connectivity index (χ0v) is 20.0. The Morgan fingerprint density at radius 1 is 0.520 bits per heavy atom. The molecule has 0 fully saturated rings. The van der Waals surface area contributed by atoms with Crippen LogP contribution in [0.1, 0.15) is 117 Å². The minimum absolute atomic E-state index is 0. The molecule has 0 rings (SSSR count). The van der Waals surface area contributed by atoms with Gasteiger partial charge in [-0.1, -0.05) is 102 Å². The summed E-state index contributed by atoms with van der Waals surface area (Å²) >= 11 is 6.28. The smallest absolute Gasteiger partial charge is 0.154 e. The van der Waals surface area contributed by atoms with E-state index < -0.39 is 0 Å². The second-order valence-corrected chi connectivity index (χ2v) is 8.38. The molecule has 0 spiro atoms. The standard InChI is InChI=1S/C22H47ClN.BrH/c1-4-6-8-10-12-14-16-18-20-24(3,22-23)21-19-17-15-13-11-9-7-5-2;/h4-22H2,1-3H3;1H/q+1;/p-1. The fourth-order valence-corrected chi connectivity index (χ4v) is 3.73. The Bertz CT molecular complexity index is 228. The second kappa shape index (κ2) is 21.0. The molecule has 0 unspecified atom stereocenters. The van der Waals surface area contributed by atoms with Crippen LogP contribution in [0, 0.1) is 0 Å². The highest BCUT2D eigenvalue weighted by atomic mass is 79.9. The van der Waals surface area contributed by atoms with E-state index in [0.717, 1.165) is 10.5 Å². The molecule has 0 saturated carbocycles. The molecule has 0 atom stereocenters. The first-order valence-electron chi connectivity index (χ1n) is 11.1. The van der Waals surface area contributed by atoms with E-state index in [1.54, 1.807) is 0 Å². The van der Waals surface area contributed by atoms with Crippen molar-refractivity contribution in [1.29, 1.82) is 0 Å². The molecule has 0 saturated heterocycles. The molecule has 0 aliphatic rings. The molecule has 0 aliphatic carbocycles. The lowest BCUT2D eigenvalue weighted by atomic mass is 10.1. The molecule has 0 radical (unpaired) electrons. The van der Waals surface area contributed by atoms with Crippen LogP contribution in [0.25, 0.3) is 0 Å². The zero-order chi connectivity index (χ0) is 17.9. The number of unbranched alkanes of at least 4 members (excludes halogenated alkanes) is 14. The third-order valence-corrected chi connectivity index (χ3v) is 5.97. The largest absolute Gasteiger partial charge is 1.00 e. The SMILES string of the molecule is CCCCCCCCCC[N+](C)(CCl)CCCCCCCCCC.[Br-]. The van der Waals surface area contributed by atoms with Crippen LogP contribution in [-0.4, -0.2) is 30.6 Å². The molecule has 25 heavy (non-hydrogen) atoms. The Balaban J connectivity index is 0. The number of hydrogen-bond acceptors (Lipinski definition) is 0. The maximum absolute atomic E-state index is 6.28. The van der Waals surface area contributed by atoms with E-state index in [9.17, 15) is 0 Å². The Morgan fingerprint density at radius 3 is 1.08 bits per heavy atom. The highest BCUT2D eigenvalue weighted by molar-refractivity contribution is 6.16. The van der Waals surface area contributed by atoms with Crippen molar-refractivity contribution in [1.82, 2.24) is 0 Å². The van der Waals surface area contributed by atoms with Crippen molar-refractivity contribution in [2.24, 2.45) is 0 Å². The van der Waals surface area contributed by atoms with Crippen LogP contribution >= 0.6 is 11.6 Å². The van der Waals surface area contributed by atoms with E-state index in [0.29, 0.717) is 0 Å². The van der Waals surface area contributed by atoms with Gasteiger partial charge in [0.2, 0.25) is 0 Å². The zero-order valence-electron chi connectivity index (χ0n) is 17.6. The lowest BCUT2D eigenvalue weighted by Gasteiger charge is -2.32. The predicted molar refractivity (Wildman–Crippen MR) is 112 cm³/mol. The first-order valence-corrected chi connectivity index (χ1v) is 11.6. The van der Waals surface area contributed by atoms with Crippen molar-refractivity contribution in [2.75, 3.05) is 26.1 Å². The monoisotopic (exact) mass is 439 g/mol. The molecule has 0 amide bonds. The van der Waals surface area contributed by atoms with Crippen LogP contribution in [0.3, 0.4) is 0 Å². The number of hydrogen-bond donors (Lipinski definition) is 0. The third-order valence-electron chi connectivity index (χ3n) is 5.39. The first kappa shape index (κ1) is 27.9. The van der Waals surface area contributed by atoms with Gasteiger partial charge in [0.25, 0.3) is 0 Å². The summed E-state index contributed by atoms with van der Waals surface area (Å²) in [6.07, 6.45) is 22.5. The molecule has 1 nitrogen and oxygen atoms in total. The molecule has 0 aromatic rings. The summed E-state index contributed by atoms with van der Waals surface area (Å²) in [4.78, 5) is 0. The van der Waals surface area contributed by atoms with Crippen LogP contribution in [0.15, 0.2) is 0 Å². The van der Waals surface area contributed by atoms with Crippen LogP contribution in [0.4, 0.5) is 0 Å². The van der Waals surface area contributed by atoms with Crippen molar-refractivity contribution in [3.63, 3.8) is 0 Å². The van der Waals surface area contributed by atoms with Crippen molar-refractivity contribution < 1.29 is 21.5 Å². The van der Waals surface area contributed by atoms with E-state index in [1.807, 2.05) is 0 Å². The Kier molecular flexibility index (Phi) is 23.5. The van der Waals surface area contributed by atoms with E-state index in [-0.39, 0.29) is 17.0 Å². The van der Waals surface area contributed by atoms with Gasteiger partial charge in [-0.15, -0.1) is 0 Å². The van der Waals surface area contributed by atoms with Gasteiger partial charge >= 0.3 is 0 Å². The van der Waals surface area contributed by atoms with E-state index in [1.165, 1.54) is 116 Å². The predicted octanol–water partition coefficient (Wildman–Crippen LogP) is 4.91. The molecular weight excluding hydrogens is 394 g/mol. The summed E-state index contributed by atoms with van der Waals surface area (Å²) in [5.41, 5.74) is 0. The van der Waals surface area contributed by atoms with Crippen molar-refractivity contribution >= 4 is 11.6 Å². The number of halogens is 2. The van der Waals surface area contributed by atoms with Crippen molar-refractivity contribution in [3.05, 3.63) is 0 Å². The highest BCUT2D eigenvalue weighted by Gasteiger charge is 2.18. The number of quaternary nitrogens is 1. The van der Waals surface area contributed by atoms with Crippen LogP contribution in [0.5, 0.6) is 0 Å². The summed E-state index contributed by atoms with van der Waals surface area (Å²) in [5.74, 6) is 0. The average Bonchev–Trinajstić information content (AvgIpc) is 2.59. The van der Waals surface area contributed by atoms with Crippen molar-refractivity contribution in [3.8, 4) is 0 Å². The maximum atomic E-state index is 6.28. The molecule has 3 heteroatoms. The van der Waals surface area contributed by atoms with E-state index in [4.69, 9.17) is 11.6 Å². The second-order valence-electron chi connectivity index (χ2n) is 8.14. The molecule has 154 valence electrons. The molecule has 0 aromatic carbocycles. The number of alkyl halides is 1. The van der Waals surface area contributed by atoms with Crippen LogP contribution < -0.4 is 17.0 Å². The molecule has 0 aromatic heterocycles. The van der Waals surface area contributed by atoms with Gasteiger partial charge in [0.05, 0.1) is 20.1 Å². The van der Waals surface area contributed by atoms with Gasteiger partial charge in [-0.25, -0.2) is 0 Å². The lowest BCUT2D eigenvalue weighted by molar-refractivity contribution is -0.899. The summed E-state index contributed by atoms with van der Waals surface area (Å²) in [5, 5.41) is 0. The Morgan fingerprint density at radius 2 is 0.800 bits per heavy atom. The summed E-state index contributed by atoms with van der Waals surface area (Å²) < 4.78 is 1.08. The molecule has 0 heterocycles. The van der Waals surface area contributed by atoms with Gasteiger partial charge in [-0.05, 0) is 25.7 Å². The van der Waals surface area contributed by atoms with E-state index in [2.05, 4.69) is 20.9 Å². The average molecular weight is 441 g/mol. The summed E-state index contributed by atoms with van der Waals surface area (Å²) in [7, 11) is 2.36. The van der Waals surface area contributed by atoms with Gasteiger partial charge in [0, 0.05) is 0 Å². The normalized spacial score (nSPS) is 11.5. The summed E-state index contributed by atoms with van der Waals surface area (Å²) in [6, 6.07) is 0.785. The van der Waals surface area contributed by atoms with Crippen molar-refractivity contribution in [2.45, 2.75) is 117 Å². The van der Waals surface area contributed by atoms with E-state index >= 15 is 0 Å². The highest BCUT2D eigenvalue weighted by Crippen LogP contribution is 2.15. The molecular formula is C22H47BrClN. The Hall–Kier alpha value is 0.730. The fraction of sp³-hybridized carbons (Fsp3) is 1.00. The summed E-state index contributed by atoms with van der Waals surface area (Å²) in [6.45, 7) is 7.12. The van der Waals surface area contributed by atoms with Gasteiger partial charge in [-0.2, -0.15) is 0 Å². The minimum atomic E-state index is 0. The maximum Gasteiger partial charge on any atom is 0.154 e. The molecule has 0 N–H and O–H groups in total. The first-order chi connectivity index (χ1) is 11.7. The van der Waals surface area contributed by atoms with Crippen LogP contribution in [-0.2, 0) is 0 Å². The fourth-order valence-electron chi connectivity index (χ4n) is 3.49. The van der Waals surface area contributed by atoms with Gasteiger partial charge in [-0.3, -0.25) is 0 Å². The van der Waals surface area contributed by atoms with Crippen LogP contribution in [0.2, 0.25) is 0 Å². The number of nitrogens with zero attached hydrogens (tertiary/aromatic N) is 1. The quantitative estimate of drug-likeness (QED) is 0.116. The van der Waals surface area contributed by atoms with Gasteiger partial charge in [0.1, 0.15) is 0 Å². The topological polar surface area (TPSA) is 0 Å². The number of rotatable bonds is 19. The molecule has 0 aliphatic heterocycles.